The van der Waals surface area contributed by atoms with Gasteiger partial charge >= 0.3 is 5.97 Å². The molecular formula is C35H47N3O4S. The van der Waals surface area contributed by atoms with Crippen molar-refractivity contribution in [2.24, 2.45) is 17.8 Å². The molecule has 7 nitrogen and oxygen atoms in total. The van der Waals surface area contributed by atoms with E-state index in [4.69, 9.17) is 4.74 Å². The lowest BCUT2D eigenvalue weighted by Gasteiger charge is -2.54. The number of carbonyl (C=O) groups excluding carboxylic acids is 1. The number of ether oxygens (including phenoxy) is 1. The smallest absolute Gasteiger partial charge is 0.302 e. The van der Waals surface area contributed by atoms with Gasteiger partial charge in [-0.25, -0.2) is 8.42 Å². The third kappa shape index (κ3) is 5.53. The summed E-state index contributed by atoms with van der Waals surface area (Å²) in [6, 6.07) is 16.7. The molecule has 2 saturated heterocycles. The number of likely N-dealkylation sites (tertiary alicyclic amines) is 1. The minimum absolute atomic E-state index is 0.0126. The molecule has 4 fully saturated rings. The van der Waals surface area contributed by atoms with Gasteiger partial charge in [-0.15, -0.1) is 0 Å². The summed E-state index contributed by atoms with van der Waals surface area (Å²) in [6.07, 6.45) is 7.22. The summed E-state index contributed by atoms with van der Waals surface area (Å²) < 4.78 is 31.1. The fourth-order valence-electron chi connectivity index (χ4n) is 9.14. The lowest BCUT2D eigenvalue weighted by molar-refractivity contribution is -0.150. The van der Waals surface area contributed by atoms with Gasteiger partial charge in [0, 0.05) is 62.6 Å². The molecule has 3 aliphatic heterocycles. The van der Waals surface area contributed by atoms with E-state index in [0.29, 0.717) is 22.6 Å². The van der Waals surface area contributed by atoms with Gasteiger partial charge in [-0.3, -0.25) is 4.79 Å². The Morgan fingerprint density at radius 3 is 2.37 bits per heavy atom. The van der Waals surface area contributed by atoms with E-state index in [1.54, 1.807) is 19.1 Å². The monoisotopic (exact) mass is 605 g/mol. The fourth-order valence-corrected chi connectivity index (χ4v) is 10.8. The van der Waals surface area contributed by atoms with Crippen LogP contribution in [0.4, 0.5) is 5.69 Å². The molecule has 0 aromatic heterocycles. The average molecular weight is 606 g/mol. The molecule has 0 N–H and O–H groups in total. The molecule has 2 aliphatic carbocycles. The van der Waals surface area contributed by atoms with Crippen LogP contribution in [0.2, 0.25) is 0 Å². The maximum absolute atomic E-state index is 12.5. The maximum atomic E-state index is 12.5. The van der Waals surface area contributed by atoms with Gasteiger partial charge in [0.15, 0.2) is 9.84 Å². The number of likely N-dealkylation sites (N-methyl/N-ethyl adjacent to an activating group) is 1. The van der Waals surface area contributed by atoms with Crippen LogP contribution in [0.15, 0.2) is 53.4 Å². The molecule has 1 unspecified atom stereocenters. The van der Waals surface area contributed by atoms with E-state index in [1.165, 1.54) is 24.0 Å². The molecule has 0 bridgehead atoms. The first-order chi connectivity index (χ1) is 20.7. The van der Waals surface area contributed by atoms with Crippen LogP contribution in [-0.4, -0.2) is 81.9 Å². The predicted octanol–water partition coefficient (Wildman–Crippen LogP) is 4.89. The first-order valence-electron chi connectivity index (χ1n) is 16.5. The zero-order chi connectivity index (χ0) is 29.8. The van der Waals surface area contributed by atoms with E-state index >= 15 is 0 Å². The molecule has 3 atom stereocenters. The molecule has 0 spiro atoms. The van der Waals surface area contributed by atoms with Gasteiger partial charge in [0.25, 0.3) is 0 Å². The summed E-state index contributed by atoms with van der Waals surface area (Å²) in [5.41, 5.74) is 4.10. The number of fused-ring (bicyclic) bond motifs is 1. The minimum atomic E-state index is -3.13. The number of esters is 1. The molecule has 2 saturated carbocycles. The van der Waals surface area contributed by atoms with Gasteiger partial charge in [0.2, 0.25) is 0 Å². The average Bonchev–Trinajstić information content (AvgIpc) is 3.75. The Morgan fingerprint density at radius 1 is 0.953 bits per heavy atom. The van der Waals surface area contributed by atoms with Crippen LogP contribution >= 0.6 is 0 Å². The molecule has 43 heavy (non-hydrogen) atoms. The predicted molar refractivity (Wildman–Crippen MR) is 169 cm³/mol. The summed E-state index contributed by atoms with van der Waals surface area (Å²) in [4.78, 5) is 20.2. The van der Waals surface area contributed by atoms with Crippen molar-refractivity contribution in [3.05, 3.63) is 59.7 Å². The number of hydrogen-bond acceptors (Lipinski definition) is 7. The number of rotatable bonds is 8. The molecule has 2 aromatic carbocycles. The second kappa shape index (κ2) is 11.5. The number of piperidine rings is 1. The molecular weight excluding hydrogens is 558 g/mol. The SMILES string of the molecule is CC(=O)O[C@H]1CCC[C@@H]1C1(C2CCN(CC3CN(c4ccc(S(=O)(=O)C5CC5)cc4)C3)CC2)CN(C)Cc2ccccc21. The number of hydrogen-bond donors (Lipinski definition) is 0. The van der Waals surface area contributed by atoms with Crippen LogP contribution in [-0.2, 0) is 31.3 Å². The quantitative estimate of drug-likeness (QED) is 0.397. The molecule has 3 heterocycles. The van der Waals surface area contributed by atoms with Crippen molar-refractivity contribution in [3.63, 3.8) is 0 Å². The van der Waals surface area contributed by atoms with Crippen molar-refractivity contribution in [2.45, 2.75) is 80.1 Å². The van der Waals surface area contributed by atoms with E-state index in [-0.39, 0.29) is 22.7 Å². The Hall–Kier alpha value is -2.42. The van der Waals surface area contributed by atoms with Crippen molar-refractivity contribution < 1.29 is 17.9 Å². The van der Waals surface area contributed by atoms with Crippen LogP contribution < -0.4 is 4.90 Å². The van der Waals surface area contributed by atoms with Gasteiger partial charge in [0.05, 0.1) is 10.1 Å². The highest BCUT2D eigenvalue weighted by Crippen LogP contribution is 2.54. The molecule has 2 aromatic rings. The van der Waals surface area contributed by atoms with Crippen LogP contribution in [0.25, 0.3) is 0 Å². The topological polar surface area (TPSA) is 70.2 Å². The van der Waals surface area contributed by atoms with Gasteiger partial charge in [-0.2, -0.15) is 0 Å². The van der Waals surface area contributed by atoms with Crippen molar-refractivity contribution in [2.75, 3.05) is 51.2 Å². The van der Waals surface area contributed by atoms with Crippen LogP contribution in [0.5, 0.6) is 0 Å². The van der Waals surface area contributed by atoms with Crippen LogP contribution in [0.3, 0.4) is 0 Å². The Morgan fingerprint density at radius 2 is 1.67 bits per heavy atom. The van der Waals surface area contributed by atoms with E-state index in [0.717, 1.165) is 83.6 Å². The number of carbonyl (C=O) groups is 1. The van der Waals surface area contributed by atoms with E-state index in [2.05, 4.69) is 46.0 Å². The largest absolute Gasteiger partial charge is 0.462 e. The van der Waals surface area contributed by atoms with E-state index in [1.807, 2.05) is 12.1 Å². The Bertz CT molecular complexity index is 1430. The summed E-state index contributed by atoms with van der Waals surface area (Å²) >= 11 is 0. The first kappa shape index (κ1) is 29.3. The highest BCUT2D eigenvalue weighted by atomic mass is 32.2. The Labute approximate surface area is 257 Å². The summed E-state index contributed by atoms with van der Waals surface area (Å²) in [7, 11) is -0.866. The molecule has 8 heteroatoms. The van der Waals surface area contributed by atoms with Crippen molar-refractivity contribution in [1.82, 2.24) is 9.80 Å². The highest BCUT2D eigenvalue weighted by Gasteiger charge is 2.55. The fraction of sp³-hybridized carbons (Fsp3) is 0.629. The number of sulfone groups is 1. The van der Waals surface area contributed by atoms with Gasteiger partial charge < -0.3 is 19.4 Å². The van der Waals surface area contributed by atoms with Crippen LogP contribution in [0.1, 0.15) is 63.0 Å². The second-order valence-corrected chi connectivity index (χ2v) is 16.4. The van der Waals surface area contributed by atoms with E-state index in [9.17, 15) is 13.2 Å². The molecule has 0 radical (unpaired) electrons. The van der Waals surface area contributed by atoms with Gasteiger partial charge in [-0.1, -0.05) is 24.3 Å². The van der Waals surface area contributed by atoms with Crippen molar-refractivity contribution >= 4 is 21.5 Å². The first-order valence-corrected chi connectivity index (χ1v) is 18.0. The summed E-state index contributed by atoms with van der Waals surface area (Å²) in [6.45, 7) is 9.01. The third-order valence-electron chi connectivity index (χ3n) is 11.2. The standard InChI is InChI=1S/C35H47N3O4S/c1-25(39)42-34-9-5-8-33(34)35(24-36(2)23-27-6-3-4-7-32(27)35)28-16-18-37(19-17-28)20-26-21-38(22-26)29-10-12-30(13-11-29)43(40,41)31-14-15-31/h3-4,6-7,10-13,26,28,31,33-34H,5,8-9,14-24H2,1-2H3/t33-,34-,35?/m0/s1. The van der Waals surface area contributed by atoms with Gasteiger partial charge in [0.1, 0.15) is 6.10 Å². The zero-order valence-corrected chi connectivity index (χ0v) is 26.6. The molecule has 0 amide bonds. The Kier molecular flexibility index (Phi) is 7.83. The lowest BCUT2D eigenvalue weighted by atomic mass is 9.56. The molecule has 232 valence electrons. The second-order valence-electron chi connectivity index (χ2n) is 14.1. The number of benzene rings is 2. The van der Waals surface area contributed by atoms with Gasteiger partial charge in [-0.05, 0) is 106 Å². The minimum Gasteiger partial charge on any atom is -0.462 e. The Balaban J connectivity index is 1.01. The normalized spacial score (nSPS) is 29.3. The zero-order valence-electron chi connectivity index (χ0n) is 25.8. The number of nitrogens with zero attached hydrogens (tertiary/aromatic N) is 3. The summed E-state index contributed by atoms with van der Waals surface area (Å²) in [5.74, 6) is 1.43. The van der Waals surface area contributed by atoms with Crippen molar-refractivity contribution in [3.8, 4) is 0 Å². The highest BCUT2D eigenvalue weighted by molar-refractivity contribution is 7.92. The molecule has 7 rings (SSSR count). The molecule has 5 aliphatic rings. The van der Waals surface area contributed by atoms with Crippen LogP contribution in [0, 0.1) is 17.8 Å². The third-order valence-corrected chi connectivity index (χ3v) is 13.5. The maximum Gasteiger partial charge on any atom is 0.302 e. The van der Waals surface area contributed by atoms with Crippen molar-refractivity contribution in [1.29, 1.82) is 0 Å². The van der Waals surface area contributed by atoms with E-state index < -0.39 is 9.84 Å². The summed E-state index contributed by atoms with van der Waals surface area (Å²) in [5, 5.41) is -0.159. The lowest BCUT2D eigenvalue weighted by Crippen LogP contribution is -2.58. The number of anilines is 1.